The molecule has 0 saturated carbocycles. The summed E-state index contributed by atoms with van der Waals surface area (Å²) in [7, 11) is 0. The van der Waals surface area contributed by atoms with Crippen LogP contribution in [-0.4, -0.2) is 76.8 Å². The van der Waals surface area contributed by atoms with E-state index in [1.54, 1.807) is 0 Å². The Morgan fingerprint density at radius 2 is 1.56 bits per heavy atom. The Balaban J connectivity index is 1.50. The number of hydrogen-bond acceptors (Lipinski definition) is 3. The van der Waals surface area contributed by atoms with Crippen molar-refractivity contribution in [2.45, 2.75) is 32.7 Å². The Morgan fingerprint density at radius 1 is 0.889 bits per heavy atom. The van der Waals surface area contributed by atoms with Crippen molar-refractivity contribution in [2.75, 3.05) is 39.3 Å². The smallest absolute Gasteiger partial charge is 0.270 e. The summed E-state index contributed by atoms with van der Waals surface area (Å²) in [6.07, 6.45) is 2.16. The maximum Gasteiger partial charge on any atom is 0.270 e. The van der Waals surface area contributed by atoms with Crippen LogP contribution in [0.4, 0.5) is 0 Å². The third kappa shape index (κ3) is 3.58. The largest absolute Gasteiger partial charge is 0.351 e. The molecule has 1 aromatic carbocycles. The molecule has 0 aliphatic carbocycles. The van der Waals surface area contributed by atoms with E-state index in [-0.39, 0.29) is 11.8 Å². The predicted molar refractivity (Wildman–Crippen MR) is 106 cm³/mol. The first-order valence-corrected chi connectivity index (χ1v) is 9.98. The van der Waals surface area contributed by atoms with E-state index in [1.807, 2.05) is 34.1 Å². The number of piperazine rings is 1. The molecule has 2 amide bonds. The number of rotatable bonds is 3. The van der Waals surface area contributed by atoms with Gasteiger partial charge in [0.25, 0.3) is 11.8 Å². The van der Waals surface area contributed by atoms with Gasteiger partial charge in [0.2, 0.25) is 0 Å². The fourth-order valence-corrected chi connectivity index (χ4v) is 4.10. The molecular formula is C21H28N4O2. The quantitative estimate of drug-likeness (QED) is 0.906. The van der Waals surface area contributed by atoms with Crippen molar-refractivity contribution in [2.24, 2.45) is 0 Å². The van der Waals surface area contributed by atoms with Crippen LogP contribution in [0.25, 0.3) is 10.9 Å². The number of carbonyl (C=O) groups excluding carboxylic acids is 2. The second-order valence-corrected chi connectivity index (χ2v) is 7.91. The average Bonchev–Trinajstić information content (AvgIpc) is 3.36. The molecule has 2 aliphatic heterocycles. The van der Waals surface area contributed by atoms with Crippen molar-refractivity contribution in [3.63, 3.8) is 0 Å². The number of nitrogens with one attached hydrogen (secondary N) is 1. The summed E-state index contributed by atoms with van der Waals surface area (Å²) in [4.78, 5) is 34.9. The molecule has 0 spiro atoms. The van der Waals surface area contributed by atoms with E-state index in [0.717, 1.165) is 63.0 Å². The number of nitrogens with zero attached hydrogens (tertiary/aromatic N) is 3. The first kappa shape index (κ1) is 18.0. The van der Waals surface area contributed by atoms with Crippen LogP contribution in [-0.2, 0) is 0 Å². The molecule has 0 unspecified atom stereocenters. The minimum atomic E-state index is 0.0568. The molecule has 4 rings (SSSR count). The summed E-state index contributed by atoms with van der Waals surface area (Å²) in [6, 6.07) is 8.08. The van der Waals surface area contributed by atoms with Crippen molar-refractivity contribution in [1.29, 1.82) is 0 Å². The van der Waals surface area contributed by atoms with Crippen LogP contribution in [0.3, 0.4) is 0 Å². The van der Waals surface area contributed by atoms with Gasteiger partial charge in [0.15, 0.2) is 0 Å². The minimum absolute atomic E-state index is 0.0568. The second kappa shape index (κ2) is 7.35. The number of aromatic nitrogens is 1. The molecule has 2 fully saturated rings. The molecule has 2 saturated heterocycles. The van der Waals surface area contributed by atoms with Crippen molar-refractivity contribution >= 4 is 22.7 Å². The van der Waals surface area contributed by atoms with E-state index in [4.69, 9.17) is 0 Å². The molecule has 1 aromatic heterocycles. The highest BCUT2D eigenvalue weighted by atomic mass is 16.2. The Hall–Kier alpha value is -2.34. The van der Waals surface area contributed by atoms with Gasteiger partial charge in [-0.25, -0.2) is 0 Å². The number of amides is 2. The lowest BCUT2D eigenvalue weighted by atomic mass is 10.1. The van der Waals surface area contributed by atoms with Crippen molar-refractivity contribution < 1.29 is 9.59 Å². The summed E-state index contributed by atoms with van der Waals surface area (Å²) in [5.74, 6) is 0.135. The molecule has 3 heterocycles. The van der Waals surface area contributed by atoms with Crippen LogP contribution in [0.5, 0.6) is 0 Å². The topological polar surface area (TPSA) is 59.7 Å². The van der Waals surface area contributed by atoms with E-state index in [9.17, 15) is 9.59 Å². The number of aromatic amines is 1. The molecule has 2 aliphatic rings. The highest BCUT2D eigenvalue weighted by Crippen LogP contribution is 2.21. The molecule has 6 heteroatoms. The fraction of sp³-hybridized carbons (Fsp3) is 0.524. The molecular weight excluding hydrogens is 340 g/mol. The zero-order chi connectivity index (χ0) is 19.0. The van der Waals surface area contributed by atoms with Gasteiger partial charge >= 0.3 is 0 Å². The van der Waals surface area contributed by atoms with Gasteiger partial charge in [0.1, 0.15) is 5.69 Å². The number of H-pyrrole nitrogens is 1. The molecule has 0 bridgehead atoms. The van der Waals surface area contributed by atoms with Crippen LogP contribution >= 0.6 is 0 Å². The maximum atomic E-state index is 12.9. The number of carbonyl (C=O) groups is 2. The second-order valence-electron chi connectivity index (χ2n) is 7.91. The molecule has 27 heavy (non-hydrogen) atoms. The van der Waals surface area contributed by atoms with Gasteiger partial charge < -0.3 is 14.8 Å². The van der Waals surface area contributed by atoms with Crippen LogP contribution in [0.1, 0.15) is 47.5 Å². The average molecular weight is 368 g/mol. The van der Waals surface area contributed by atoms with E-state index in [2.05, 4.69) is 23.7 Å². The van der Waals surface area contributed by atoms with Crippen molar-refractivity contribution in [3.8, 4) is 0 Å². The van der Waals surface area contributed by atoms with Gasteiger partial charge in [-0.1, -0.05) is 0 Å². The Morgan fingerprint density at radius 3 is 2.22 bits per heavy atom. The van der Waals surface area contributed by atoms with Crippen molar-refractivity contribution in [3.05, 3.63) is 35.5 Å². The lowest BCUT2D eigenvalue weighted by Gasteiger charge is -2.37. The minimum Gasteiger partial charge on any atom is -0.351 e. The summed E-state index contributed by atoms with van der Waals surface area (Å²) in [5.41, 5.74) is 2.21. The van der Waals surface area contributed by atoms with E-state index in [1.165, 1.54) is 0 Å². The van der Waals surface area contributed by atoms with Gasteiger partial charge in [0, 0.05) is 61.8 Å². The third-order valence-electron chi connectivity index (χ3n) is 5.82. The van der Waals surface area contributed by atoms with Gasteiger partial charge in [-0.05, 0) is 51.0 Å². The summed E-state index contributed by atoms with van der Waals surface area (Å²) < 4.78 is 0. The van der Waals surface area contributed by atoms with Crippen LogP contribution in [0.2, 0.25) is 0 Å². The monoisotopic (exact) mass is 368 g/mol. The van der Waals surface area contributed by atoms with Crippen LogP contribution in [0.15, 0.2) is 24.3 Å². The highest BCUT2D eigenvalue weighted by Gasteiger charge is 2.24. The van der Waals surface area contributed by atoms with Gasteiger partial charge in [-0.2, -0.15) is 0 Å². The number of benzene rings is 1. The summed E-state index contributed by atoms with van der Waals surface area (Å²) in [6.45, 7) is 9.42. The first-order chi connectivity index (χ1) is 13.0. The first-order valence-electron chi connectivity index (χ1n) is 9.98. The standard InChI is InChI=1S/C21H28N4O2/c1-15(2)23-9-11-25(12-10-23)20(26)16-5-6-18-17(13-16)14-19(22-18)21(27)24-7-3-4-8-24/h5-6,13-15,22H,3-4,7-12H2,1-2H3. The predicted octanol–water partition coefficient (Wildman–Crippen LogP) is 2.57. The van der Waals surface area contributed by atoms with Crippen molar-refractivity contribution in [1.82, 2.24) is 19.7 Å². The number of fused-ring (bicyclic) bond motifs is 1. The van der Waals surface area contributed by atoms with E-state index in [0.29, 0.717) is 17.3 Å². The summed E-state index contributed by atoms with van der Waals surface area (Å²) in [5, 5.41) is 0.921. The SMILES string of the molecule is CC(C)N1CCN(C(=O)c2ccc3[nH]c(C(=O)N4CCCC4)cc3c2)CC1. The molecule has 2 aromatic rings. The zero-order valence-electron chi connectivity index (χ0n) is 16.2. The lowest BCUT2D eigenvalue weighted by Crippen LogP contribution is -2.50. The molecule has 0 radical (unpaired) electrons. The normalized spacial score (nSPS) is 18.6. The van der Waals surface area contributed by atoms with Crippen LogP contribution < -0.4 is 0 Å². The Kier molecular flexibility index (Phi) is 4.91. The van der Waals surface area contributed by atoms with E-state index < -0.39 is 0 Å². The van der Waals surface area contributed by atoms with Crippen LogP contribution in [0, 0.1) is 0 Å². The van der Waals surface area contributed by atoms with E-state index >= 15 is 0 Å². The molecule has 6 nitrogen and oxygen atoms in total. The fourth-order valence-electron chi connectivity index (χ4n) is 4.10. The van der Waals surface area contributed by atoms with Gasteiger partial charge in [-0.3, -0.25) is 14.5 Å². The highest BCUT2D eigenvalue weighted by molar-refractivity contribution is 6.01. The Labute approximate surface area is 160 Å². The molecule has 0 atom stereocenters. The zero-order valence-corrected chi connectivity index (χ0v) is 16.2. The number of likely N-dealkylation sites (tertiary alicyclic amines) is 1. The molecule has 144 valence electrons. The maximum absolute atomic E-state index is 12.9. The third-order valence-corrected chi connectivity index (χ3v) is 5.82. The molecule has 1 N–H and O–H groups in total. The summed E-state index contributed by atoms with van der Waals surface area (Å²) >= 11 is 0. The Bertz CT molecular complexity index is 843. The van der Waals surface area contributed by atoms with Gasteiger partial charge in [-0.15, -0.1) is 0 Å². The number of hydrogen-bond donors (Lipinski definition) is 1. The lowest BCUT2D eigenvalue weighted by molar-refractivity contribution is 0.0595. The van der Waals surface area contributed by atoms with Gasteiger partial charge in [0.05, 0.1) is 0 Å².